The van der Waals surface area contributed by atoms with Crippen molar-refractivity contribution in [2.24, 2.45) is 0 Å². The van der Waals surface area contributed by atoms with E-state index < -0.39 is 11.8 Å². The zero-order valence-electron chi connectivity index (χ0n) is 14.0. The molecule has 2 N–H and O–H groups in total. The number of carbonyl (C=O) groups is 2. The van der Waals surface area contributed by atoms with Crippen molar-refractivity contribution in [3.8, 4) is 0 Å². The number of anilines is 1. The maximum absolute atomic E-state index is 12.4. The summed E-state index contributed by atoms with van der Waals surface area (Å²) < 4.78 is 5.16. The molecule has 0 atom stereocenters. The van der Waals surface area contributed by atoms with Crippen LogP contribution in [0.15, 0.2) is 59.2 Å². The fraction of sp³-hybridized carbons (Fsp3) is 0.105. The molecule has 3 aromatic rings. The molecule has 0 unspecified atom stereocenters. The molecular formula is C19H16ClN3O3. The standard InChI is InChI=1S/C19H16ClN3O3/c1-12-7-8-13(20)10-17(12)23-19(25)16-6-2-5-15(22-16)18(24)21-11-14-4-3-9-26-14/h2-10H,11H2,1H3,(H,21,24)(H,23,25). The largest absolute Gasteiger partial charge is 0.467 e. The summed E-state index contributed by atoms with van der Waals surface area (Å²) in [6, 6.07) is 13.4. The Morgan fingerprint density at radius 1 is 1.08 bits per heavy atom. The molecule has 0 radical (unpaired) electrons. The summed E-state index contributed by atoms with van der Waals surface area (Å²) in [6.07, 6.45) is 1.53. The van der Waals surface area contributed by atoms with Gasteiger partial charge in [0.1, 0.15) is 17.1 Å². The lowest BCUT2D eigenvalue weighted by Gasteiger charge is -2.09. The van der Waals surface area contributed by atoms with Crippen LogP contribution in [0.1, 0.15) is 32.3 Å². The maximum atomic E-state index is 12.4. The van der Waals surface area contributed by atoms with Crippen molar-refractivity contribution in [1.82, 2.24) is 10.3 Å². The molecule has 7 heteroatoms. The Morgan fingerprint density at radius 3 is 2.58 bits per heavy atom. The molecule has 0 saturated heterocycles. The van der Waals surface area contributed by atoms with Gasteiger partial charge < -0.3 is 15.1 Å². The molecule has 2 heterocycles. The first-order chi connectivity index (χ1) is 12.5. The van der Waals surface area contributed by atoms with Crippen molar-refractivity contribution in [2.45, 2.75) is 13.5 Å². The van der Waals surface area contributed by atoms with E-state index in [1.54, 1.807) is 42.5 Å². The third kappa shape index (κ3) is 4.29. The van der Waals surface area contributed by atoms with Gasteiger partial charge in [0, 0.05) is 10.7 Å². The Bertz CT molecular complexity index is 939. The lowest BCUT2D eigenvalue weighted by molar-refractivity contribution is 0.0943. The summed E-state index contributed by atoms with van der Waals surface area (Å²) in [6.45, 7) is 2.10. The molecule has 3 rings (SSSR count). The number of benzene rings is 1. The number of aromatic nitrogens is 1. The predicted molar refractivity (Wildman–Crippen MR) is 98.3 cm³/mol. The van der Waals surface area contributed by atoms with Crippen molar-refractivity contribution in [3.63, 3.8) is 0 Å². The molecule has 0 aliphatic rings. The topological polar surface area (TPSA) is 84.2 Å². The summed E-state index contributed by atoms with van der Waals surface area (Å²) in [5.74, 6) is -0.185. The van der Waals surface area contributed by atoms with Gasteiger partial charge in [0.2, 0.25) is 0 Å². The van der Waals surface area contributed by atoms with E-state index in [-0.39, 0.29) is 17.9 Å². The molecule has 0 saturated carbocycles. The number of rotatable bonds is 5. The molecule has 2 amide bonds. The van der Waals surface area contributed by atoms with Crippen LogP contribution in [0.2, 0.25) is 5.02 Å². The molecule has 6 nitrogen and oxygen atoms in total. The van der Waals surface area contributed by atoms with Crippen LogP contribution in [0.4, 0.5) is 5.69 Å². The number of pyridine rings is 1. The summed E-state index contributed by atoms with van der Waals surface area (Å²) in [4.78, 5) is 28.8. The van der Waals surface area contributed by atoms with Gasteiger partial charge in [-0.25, -0.2) is 4.98 Å². The van der Waals surface area contributed by atoms with E-state index >= 15 is 0 Å². The lowest BCUT2D eigenvalue weighted by atomic mass is 10.2. The monoisotopic (exact) mass is 369 g/mol. The van der Waals surface area contributed by atoms with Gasteiger partial charge in [-0.3, -0.25) is 9.59 Å². The molecule has 0 aliphatic heterocycles. The number of nitrogens with zero attached hydrogens (tertiary/aromatic N) is 1. The predicted octanol–water partition coefficient (Wildman–Crippen LogP) is 3.82. The molecule has 0 aliphatic carbocycles. The molecule has 1 aromatic carbocycles. The second-order valence-corrected chi connectivity index (χ2v) is 6.02. The van der Waals surface area contributed by atoms with E-state index in [1.165, 1.54) is 6.26 Å². The van der Waals surface area contributed by atoms with E-state index in [0.717, 1.165) is 5.56 Å². The number of hydrogen-bond donors (Lipinski definition) is 2. The van der Waals surface area contributed by atoms with E-state index in [4.69, 9.17) is 16.0 Å². The van der Waals surface area contributed by atoms with Gasteiger partial charge in [-0.1, -0.05) is 23.7 Å². The number of nitrogens with one attached hydrogen (secondary N) is 2. The average Bonchev–Trinajstić information content (AvgIpc) is 3.16. The van der Waals surface area contributed by atoms with Gasteiger partial charge in [0.15, 0.2) is 0 Å². The minimum absolute atomic E-state index is 0.134. The van der Waals surface area contributed by atoms with Crippen molar-refractivity contribution in [2.75, 3.05) is 5.32 Å². The Balaban J connectivity index is 1.70. The SMILES string of the molecule is Cc1ccc(Cl)cc1NC(=O)c1cccc(C(=O)NCc2ccco2)n1. The van der Waals surface area contributed by atoms with Gasteiger partial charge in [-0.05, 0) is 48.9 Å². The van der Waals surface area contributed by atoms with Gasteiger partial charge >= 0.3 is 0 Å². The first-order valence-electron chi connectivity index (χ1n) is 7.88. The fourth-order valence-corrected chi connectivity index (χ4v) is 2.45. The maximum Gasteiger partial charge on any atom is 0.274 e. The highest BCUT2D eigenvalue weighted by molar-refractivity contribution is 6.31. The third-order valence-electron chi connectivity index (χ3n) is 3.67. The second-order valence-electron chi connectivity index (χ2n) is 5.58. The van der Waals surface area contributed by atoms with Crippen LogP contribution in [0.5, 0.6) is 0 Å². The van der Waals surface area contributed by atoms with Crippen LogP contribution >= 0.6 is 11.6 Å². The second kappa shape index (κ2) is 7.84. The van der Waals surface area contributed by atoms with Crippen molar-refractivity contribution < 1.29 is 14.0 Å². The first kappa shape index (κ1) is 17.7. The van der Waals surface area contributed by atoms with Gasteiger partial charge in [0.25, 0.3) is 11.8 Å². The van der Waals surface area contributed by atoms with Crippen LogP contribution < -0.4 is 10.6 Å². The number of aryl methyl sites for hydroxylation is 1. The lowest BCUT2D eigenvalue weighted by Crippen LogP contribution is -2.25. The summed E-state index contributed by atoms with van der Waals surface area (Å²) in [7, 11) is 0. The molecule has 2 aromatic heterocycles. The third-order valence-corrected chi connectivity index (χ3v) is 3.90. The van der Waals surface area contributed by atoms with Gasteiger partial charge in [-0.2, -0.15) is 0 Å². The Labute approximate surface area is 155 Å². The van der Waals surface area contributed by atoms with E-state index in [0.29, 0.717) is 16.5 Å². The summed E-state index contributed by atoms with van der Waals surface area (Å²) in [5, 5.41) is 5.96. The number of carbonyl (C=O) groups excluding carboxylic acids is 2. The highest BCUT2D eigenvalue weighted by Crippen LogP contribution is 2.20. The number of hydrogen-bond acceptors (Lipinski definition) is 4. The minimum Gasteiger partial charge on any atom is -0.467 e. The van der Waals surface area contributed by atoms with Crippen molar-refractivity contribution in [1.29, 1.82) is 0 Å². The smallest absolute Gasteiger partial charge is 0.274 e. The van der Waals surface area contributed by atoms with Gasteiger partial charge in [0.05, 0.1) is 12.8 Å². The molecule has 0 spiro atoms. The molecule has 132 valence electrons. The normalized spacial score (nSPS) is 10.4. The molecule has 26 heavy (non-hydrogen) atoms. The van der Waals surface area contributed by atoms with Crippen molar-refractivity contribution in [3.05, 3.63) is 82.5 Å². The van der Waals surface area contributed by atoms with E-state index in [1.807, 2.05) is 13.0 Å². The highest BCUT2D eigenvalue weighted by Gasteiger charge is 2.14. The minimum atomic E-state index is -0.420. The van der Waals surface area contributed by atoms with Crippen LogP contribution in [0, 0.1) is 6.92 Å². The molecule has 0 bridgehead atoms. The molecule has 0 fully saturated rings. The first-order valence-corrected chi connectivity index (χ1v) is 8.26. The molecular weight excluding hydrogens is 354 g/mol. The van der Waals surface area contributed by atoms with E-state index in [9.17, 15) is 9.59 Å². The van der Waals surface area contributed by atoms with Crippen LogP contribution in [-0.4, -0.2) is 16.8 Å². The summed E-state index contributed by atoms with van der Waals surface area (Å²) in [5.41, 5.74) is 1.74. The van der Waals surface area contributed by atoms with E-state index in [2.05, 4.69) is 15.6 Å². The zero-order chi connectivity index (χ0) is 18.5. The summed E-state index contributed by atoms with van der Waals surface area (Å²) >= 11 is 5.96. The van der Waals surface area contributed by atoms with Crippen LogP contribution in [-0.2, 0) is 6.54 Å². The highest BCUT2D eigenvalue weighted by atomic mass is 35.5. The van der Waals surface area contributed by atoms with Crippen LogP contribution in [0.25, 0.3) is 0 Å². The zero-order valence-corrected chi connectivity index (χ0v) is 14.7. The number of halogens is 1. The average molecular weight is 370 g/mol. The Hall–Kier alpha value is -3.12. The van der Waals surface area contributed by atoms with Crippen LogP contribution in [0.3, 0.4) is 0 Å². The van der Waals surface area contributed by atoms with Gasteiger partial charge in [-0.15, -0.1) is 0 Å². The van der Waals surface area contributed by atoms with Crippen molar-refractivity contribution >= 4 is 29.1 Å². The number of amides is 2. The Morgan fingerprint density at radius 2 is 1.85 bits per heavy atom. The quantitative estimate of drug-likeness (QED) is 0.716. The fourth-order valence-electron chi connectivity index (χ4n) is 2.27. The Kier molecular flexibility index (Phi) is 5.34. The number of furan rings is 1.